The largest absolute Gasteiger partial charge is 0.495 e. The van der Waals surface area contributed by atoms with Crippen molar-refractivity contribution < 1.29 is 9.53 Å². The minimum absolute atomic E-state index is 0.0835. The highest BCUT2D eigenvalue weighted by Crippen LogP contribution is 2.28. The summed E-state index contributed by atoms with van der Waals surface area (Å²) in [5.74, 6) is 3.71. The number of nitrogens with zero attached hydrogens (tertiary/aromatic N) is 3. The van der Waals surface area contributed by atoms with Crippen molar-refractivity contribution in [1.82, 2.24) is 14.8 Å². The number of rotatable bonds is 10. The van der Waals surface area contributed by atoms with Gasteiger partial charge in [-0.2, -0.15) is 0 Å². The summed E-state index contributed by atoms with van der Waals surface area (Å²) in [6.07, 6.45) is 18.0. The van der Waals surface area contributed by atoms with Crippen molar-refractivity contribution in [2.24, 2.45) is 17.4 Å². The Kier molecular flexibility index (Phi) is 9.81. The van der Waals surface area contributed by atoms with Crippen molar-refractivity contribution in [1.29, 1.82) is 0 Å². The fourth-order valence-electron chi connectivity index (χ4n) is 3.92. The number of terminal acetylenes is 1. The van der Waals surface area contributed by atoms with Gasteiger partial charge in [0.25, 0.3) is 5.91 Å². The van der Waals surface area contributed by atoms with E-state index in [2.05, 4.69) is 29.1 Å². The zero-order chi connectivity index (χ0) is 25.3. The van der Waals surface area contributed by atoms with E-state index in [1.54, 1.807) is 7.05 Å². The van der Waals surface area contributed by atoms with Crippen LogP contribution in [0, 0.1) is 25.2 Å². The predicted molar refractivity (Wildman–Crippen MR) is 137 cm³/mol. The lowest BCUT2D eigenvalue weighted by Gasteiger charge is -2.28. The monoisotopic (exact) mass is 463 g/mol. The highest BCUT2D eigenvalue weighted by atomic mass is 16.5. The summed E-state index contributed by atoms with van der Waals surface area (Å²) >= 11 is 0. The van der Waals surface area contributed by atoms with Gasteiger partial charge in [-0.3, -0.25) is 9.78 Å². The number of carbonyl (C=O) groups excluding carboxylic acids is 1. The van der Waals surface area contributed by atoms with Crippen LogP contribution in [0.2, 0.25) is 0 Å². The molecule has 7 heteroatoms. The van der Waals surface area contributed by atoms with Crippen molar-refractivity contribution in [3.8, 4) is 12.3 Å². The summed E-state index contributed by atoms with van der Waals surface area (Å²) in [4.78, 5) is 20.4. The number of likely N-dealkylation sites (N-methyl/N-ethyl adjacent to an activating group) is 2. The van der Waals surface area contributed by atoms with E-state index < -0.39 is 0 Å². The molecule has 0 saturated carbocycles. The Morgan fingerprint density at radius 2 is 2.09 bits per heavy atom. The van der Waals surface area contributed by atoms with Gasteiger partial charge in [-0.05, 0) is 68.2 Å². The zero-order valence-corrected chi connectivity index (χ0v) is 20.9. The average molecular weight is 464 g/mol. The Morgan fingerprint density at radius 3 is 2.71 bits per heavy atom. The molecule has 34 heavy (non-hydrogen) atoms. The molecule has 1 aliphatic carbocycles. The molecule has 1 aromatic heterocycles. The number of hydrogen-bond acceptors (Lipinski definition) is 6. The fourth-order valence-corrected chi connectivity index (χ4v) is 3.92. The first-order valence-corrected chi connectivity index (χ1v) is 11.4. The molecule has 4 N–H and O–H groups in total. The summed E-state index contributed by atoms with van der Waals surface area (Å²) < 4.78 is 6.07. The number of aryl methyl sites for hydroxylation is 1. The molecule has 0 fully saturated rings. The third-order valence-electron chi connectivity index (χ3n) is 5.35. The van der Waals surface area contributed by atoms with E-state index in [1.807, 2.05) is 45.1 Å². The molecular formula is C27H37N5O2. The highest BCUT2D eigenvalue weighted by molar-refractivity contribution is 5.96. The summed E-state index contributed by atoms with van der Waals surface area (Å²) in [6, 6.07) is 2.17. The summed E-state index contributed by atoms with van der Waals surface area (Å²) in [7, 11) is 3.48. The molecule has 0 radical (unpaired) electrons. The van der Waals surface area contributed by atoms with Gasteiger partial charge in [0, 0.05) is 39.5 Å². The lowest BCUT2D eigenvalue weighted by atomic mass is 9.89. The summed E-state index contributed by atoms with van der Waals surface area (Å²) in [5, 5.41) is 0. The van der Waals surface area contributed by atoms with Crippen LogP contribution in [0.15, 0.2) is 65.6 Å². The van der Waals surface area contributed by atoms with Gasteiger partial charge >= 0.3 is 0 Å². The van der Waals surface area contributed by atoms with Crippen LogP contribution in [-0.4, -0.2) is 54.0 Å². The lowest BCUT2D eigenvalue weighted by molar-refractivity contribution is -0.125. The number of carbonyl (C=O) groups is 1. The topological polar surface area (TPSA) is 97.7 Å². The van der Waals surface area contributed by atoms with Gasteiger partial charge in [0.05, 0.1) is 24.0 Å². The van der Waals surface area contributed by atoms with Crippen LogP contribution in [0.25, 0.3) is 0 Å². The molecule has 0 aromatic carbocycles. The molecule has 0 bridgehead atoms. The first-order valence-electron chi connectivity index (χ1n) is 11.4. The second kappa shape index (κ2) is 12.5. The molecule has 0 saturated heterocycles. The van der Waals surface area contributed by atoms with Crippen molar-refractivity contribution in [3.63, 3.8) is 0 Å². The molecule has 7 nitrogen and oxygen atoms in total. The van der Waals surface area contributed by atoms with Gasteiger partial charge < -0.3 is 26.0 Å². The second-order valence-electron chi connectivity index (χ2n) is 8.94. The number of nitrogens with two attached hydrogens (primary N) is 2. The third-order valence-corrected chi connectivity index (χ3v) is 5.35. The van der Waals surface area contributed by atoms with E-state index >= 15 is 0 Å². The molecular weight excluding hydrogens is 426 g/mol. The smallest absolute Gasteiger partial charge is 0.258 e. The quantitative estimate of drug-likeness (QED) is 0.315. The molecule has 2 rings (SSSR count). The number of pyridine rings is 1. The molecule has 0 aliphatic heterocycles. The van der Waals surface area contributed by atoms with Gasteiger partial charge in [-0.15, -0.1) is 6.42 Å². The first-order chi connectivity index (χ1) is 16.1. The predicted octanol–water partition coefficient (Wildman–Crippen LogP) is 2.85. The number of hydrogen-bond donors (Lipinski definition) is 2. The van der Waals surface area contributed by atoms with E-state index in [1.165, 1.54) is 22.7 Å². The van der Waals surface area contributed by atoms with Crippen molar-refractivity contribution in [3.05, 3.63) is 76.7 Å². The van der Waals surface area contributed by atoms with Crippen LogP contribution in [0.1, 0.15) is 31.4 Å². The van der Waals surface area contributed by atoms with Gasteiger partial charge in [0.1, 0.15) is 5.82 Å². The van der Waals surface area contributed by atoms with E-state index in [9.17, 15) is 4.79 Å². The Hall–Kier alpha value is -3.66. The van der Waals surface area contributed by atoms with E-state index in [4.69, 9.17) is 22.6 Å². The number of ether oxygens (including phenoxy) is 1. The minimum Gasteiger partial charge on any atom is -0.495 e. The second-order valence-corrected chi connectivity index (χ2v) is 8.94. The van der Waals surface area contributed by atoms with E-state index in [-0.39, 0.29) is 24.5 Å². The number of amides is 1. The molecule has 1 unspecified atom stereocenters. The summed E-state index contributed by atoms with van der Waals surface area (Å²) in [6.45, 7) is 6.78. The fraction of sp³-hybridized carbons (Fsp3) is 0.407. The Balaban J connectivity index is 2.30. The normalized spacial score (nSPS) is 16.4. The standard InChI is InChI=1S/C27H37N5O2/c1-7-10-31(5)27(33)25(8-9-28)26(29)32(6)18-23-13-21(14-24(15-23)34-19(2)3)12-22-11-20(4)16-30-17-22/h1,8-9,11,13,15-17,19,21H,10,12,14,18,28-29H2,2-6H3/b9-8-,26-25-. The maximum absolute atomic E-state index is 12.8. The SMILES string of the molecule is C#CCN(C)C(=O)C(/C=C\N)=C(/N)N(C)CC1=CC(Cc2cncc(C)c2)CC(OC(C)C)=C1. The van der Waals surface area contributed by atoms with Crippen LogP contribution in [0.3, 0.4) is 0 Å². The Morgan fingerprint density at radius 1 is 1.35 bits per heavy atom. The number of aromatic nitrogens is 1. The van der Waals surface area contributed by atoms with Crippen LogP contribution < -0.4 is 11.5 Å². The highest BCUT2D eigenvalue weighted by Gasteiger charge is 2.21. The molecule has 1 aliphatic rings. The van der Waals surface area contributed by atoms with Crippen LogP contribution in [0.5, 0.6) is 0 Å². The molecule has 182 valence electrons. The van der Waals surface area contributed by atoms with Gasteiger partial charge in [0.15, 0.2) is 0 Å². The van der Waals surface area contributed by atoms with Crippen molar-refractivity contribution in [2.45, 2.75) is 39.7 Å². The molecule has 1 heterocycles. The van der Waals surface area contributed by atoms with Gasteiger partial charge in [-0.1, -0.05) is 18.1 Å². The summed E-state index contributed by atoms with van der Waals surface area (Å²) in [5.41, 5.74) is 15.7. The van der Waals surface area contributed by atoms with Gasteiger partial charge in [0.2, 0.25) is 0 Å². The van der Waals surface area contributed by atoms with E-state index in [0.717, 1.165) is 29.7 Å². The van der Waals surface area contributed by atoms with Crippen LogP contribution >= 0.6 is 0 Å². The minimum atomic E-state index is -0.286. The Labute approximate surface area is 203 Å². The average Bonchev–Trinajstić information content (AvgIpc) is 2.76. The molecule has 1 atom stereocenters. The first kappa shape index (κ1) is 26.6. The molecule has 0 spiro atoms. The third kappa shape index (κ3) is 7.73. The van der Waals surface area contributed by atoms with Crippen LogP contribution in [-0.2, 0) is 16.0 Å². The van der Waals surface area contributed by atoms with Gasteiger partial charge in [-0.25, -0.2) is 0 Å². The number of allylic oxidation sites excluding steroid dienone is 2. The Bertz CT molecular complexity index is 1030. The van der Waals surface area contributed by atoms with Crippen LogP contribution in [0.4, 0.5) is 0 Å². The van der Waals surface area contributed by atoms with E-state index in [0.29, 0.717) is 17.9 Å². The van der Waals surface area contributed by atoms with Crippen molar-refractivity contribution in [2.75, 3.05) is 27.2 Å². The molecule has 1 amide bonds. The maximum atomic E-state index is 12.8. The zero-order valence-electron chi connectivity index (χ0n) is 20.9. The maximum Gasteiger partial charge on any atom is 0.258 e. The molecule has 1 aromatic rings. The van der Waals surface area contributed by atoms with Crippen molar-refractivity contribution >= 4 is 5.91 Å². The lowest BCUT2D eigenvalue weighted by Crippen LogP contribution is -2.34.